The molecule has 1 aromatic heterocycles. The number of hydrogen-bond acceptors (Lipinski definition) is 7. The molecule has 11 nitrogen and oxygen atoms in total. The lowest BCUT2D eigenvalue weighted by Crippen LogP contribution is -2.58. The molecule has 224 valence electrons. The highest BCUT2D eigenvalue weighted by Gasteiger charge is 2.47. The van der Waals surface area contributed by atoms with Gasteiger partial charge >= 0.3 is 11.7 Å². The molecule has 41 heavy (non-hydrogen) atoms. The van der Waals surface area contributed by atoms with Crippen molar-refractivity contribution in [3.63, 3.8) is 0 Å². The number of benzene rings is 1. The van der Waals surface area contributed by atoms with Crippen molar-refractivity contribution in [1.82, 2.24) is 24.3 Å². The van der Waals surface area contributed by atoms with Gasteiger partial charge in [-0.2, -0.15) is 4.98 Å². The lowest BCUT2D eigenvalue weighted by atomic mass is 9.65. The van der Waals surface area contributed by atoms with Gasteiger partial charge in [0, 0.05) is 51.0 Å². The maximum atomic E-state index is 12.8. The third-order valence-corrected chi connectivity index (χ3v) is 8.67. The molecule has 2 aliphatic heterocycles. The Bertz CT molecular complexity index is 1290. The van der Waals surface area contributed by atoms with Gasteiger partial charge in [-0.15, -0.1) is 12.4 Å². The molecule has 0 radical (unpaired) electrons. The number of nitrogens with zero attached hydrogens (tertiary/aromatic N) is 5. The molecule has 3 fully saturated rings. The molecule has 2 saturated heterocycles. The van der Waals surface area contributed by atoms with Gasteiger partial charge in [-0.1, -0.05) is 12.1 Å². The van der Waals surface area contributed by atoms with Crippen molar-refractivity contribution in [1.29, 1.82) is 0 Å². The molecular formula is C29H43ClN8O3. The van der Waals surface area contributed by atoms with Gasteiger partial charge in [0.1, 0.15) is 5.82 Å². The summed E-state index contributed by atoms with van der Waals surface area (Å²) in [7, 11) is 0. The van der Waals surface area contributed by atoms with Crippen LogP contribution in [0.25, 0.3) is 5.69 Å². The van der Waals surface area contributed by atoms with Crippen molar-refractivity contribution < 1.29 is 9.59 Å². The van der Waals surface area contributed by atoms with Crippen LogP contribution in [-0.2, 0) is 11.2 Å². The average molecular weight is 587 g/mol. The molecule has 5 rings (SSSR count). The van der Waals surface area contributed by atoms with E-state index in [9.17, 15) is 14.4 Å². The molecule has 5 N–H and O–H groups in total. The van der Waals surface area contributed by atoms with E-state index in [1.165, 1.54) is 16.6 Å². The third kappa shape index (κ3) is 6.91. The van der Waals surface area contributed by atoms with Gasteiger partial charge in [-0.3, -0.25) is 19.6 Å². The molecule has 1 aliphatic carbocycles. The number of aromatic nitrogens is 2. The monoisotopic (exact) mass is 586 g/mol. The topological polar surface area (TPSA) is 143 Å². The van der Waals surface area contributed by atoms with Crippen molar-refractivity contribution in [3.8, 4) is 5.69 Å². The molecule has 1 aromatic carbocycles. The van der Waals surface area contributed by atoms with Crippen LogP contribution in [0.5, 0.6) is 0 Å². The van der Waals surface area contributed by atoms with Gasteiger partial charge in [0.25, 0.3) is 0 Å². The molecule has 1 atom stereocenters. The molecule has 1 unspecified atom stereocenters. The molecule has 2 aromatic rings. The number of urea groups is 1. The van der Waals surface area contributed by atoms with E-state index in [0.29, 0.717) is 43.7 Å². The van der Waals surface area contributed by atoms with Crippen LogP contribution in [0.3, 0.4) is 0 Å². The van der Waals surface area contributed by atoms with Crippen molar-refractivity contribution in [2.45, 2.75) is 64.1 Å². The summed E-state index contributed by atoms with van der Waals surface area (Å²) in [6.45, 7) is 9.48. The molecule has 3 heterocycles. The van der Waals surface area contributed by atoms with E-state index in [2.05, 4.69) is 34.3 Å². The fourth-order valence-corrected chi connectivity index (χ4v) is 6.37. The fourth-order valence-electron chi connectivity index (χ4n) is 6.37. The first kappa shape index (κ1) is 31.0. The SMILES string of the molecule is CC(Cc1ccc(-n2ccc(NC(=O)N3CCN(C(=O)C(C)(C)N)CC3)nc2=O)cc1)N1CCC2(CC(N)C2)C1.Cl. The highest BCUT2D eigenvalue weighted by Crippen LogP contribution is 2.47. The van der Waals surface area contributed by atoms with Crippen LogP contribution >= 0.6 is 12.4 Å². The summed E-state index contributed by atoms with van der Waals surface area (Å²) >= 11 is 0. The normalized spacial score (nSPS) is 23.6. The second-order valence-corrected chi connectivity index (χ2v) is 12.5. The number of halogens is 1. The van der Waals surface area contributed by atoms with Gasteiger partial charge in [-0.25, -0.2) is 9.59 Å². The smallest absolute Gasteiger partial charge is 0.338 e. The predicted molar refractivity (Wildman–Crippen MR) is 162 cm³/mol. The van der Waals surface area contributed by atoms with E-state index < -0.39 is 11.2 Å². The highest BCUT2D eigenvalue weighted by atomic mass is 35.5. The van der Waals surface area contributed by atoms with Crippen LogP contribution in [0, 0.1) is 5.41 Å². The third-order valence-electron chi connectivity index (χ3n) is 8.67. The van der Waals surface area contributed by atoms with E-state index >= 15 is 0 Å². The first-order valence-electron chi connectivity index (χ1n) is 14.3. The molecule has 1 saturated carbocycles. The van der Waals surface area contributed by atoms with Gasteiger partial charge in [0.2, 0.25) is 5.91 Å². The minimum Gasteiger partial charge on any atom is -0.338 e. The lowest BCUT2D eigenvalue weighted by molar-refractivity contribution is -0.137. The van der Waals surface area contributed by atoms with Gasteiger partial charge in [0.15, 0.2) is 0 Å². The number of rotatable bonds is 6. The lowest BCUT2D eigenvalue weighted by Gasteiger charge is -2.44. The number of carbonyl (C=O) groups is 2. The van der Waals surface area contributed by atoms with E-state index in [0.717, 1.165) is 38.0 Å². The van der Waals surface area contributed by atoms with E-state index in [1.54, 1.807) is 35.9 Å². The van der Waals surface area contributed by atoms with Crippen molar-refractivity contribution in [2.24, 2.45) is 16.9 Å². The van der Waals surface area contributed by atoms with Crippen LogP contribution in [0.15, 0.2) is 41.3 Å². The second-order valence-electron chi connectivity index (χ2n) is 12.5. The second kappa shape index (κ2) is 12.1. The number of likely N-dealkylation sites (tertiary alicyclic amines) is 1. The van der Waals surface area contributed by atoms with Crippen molar-refractivity contribution in [2.75, 3.05) is 44.6 Å². The zero-order valence-electron chi connectivity index (χ0n) is 24.2. The minimum atomic E-state index is -0.945. The maximum Gasteiger partial charge on any atom is 0.354 e. The van der Waals surface area contributed by atoms with Crippen LogP contribution in [-0.4, -0.2) is 93.1 Å². The van der Waals surface area contributed by atoms with Crippen LogP contribution in [0.2, 0.25) is 0 Å². The van der Waals surface area contributed by atoms with Crippen LogP contribution in [0.4, 0.5) is 10.6 Å². The summed E-state index contributed by atoms with van der Waals surface area (Å²) in [4.78, 5) is 47.8. The Balaban J connectivity index is 0.00000387. The summed E-state index contributed by atoms with van der Waals surface area (Å²) in [5.41, 5.74) is 12.9. The number of anilines is 1. The van der Waals surface area contributed by atoms with E-state index in [1.807, 2.05) is 12.1 Å². The molecule has 3 amide bonds. The molecule has 0 bridgehead atoms. The number of nitrogens with two attached hydrogens (primary N) is 2. The Morgan fingerprint density at radius 2 is 1.71 bits per heavy atom. The predicted octanol–water partition coefficient (Wildman–Crippen LogP) is 1.81. The molecule has 1 spiro atoms. The Labute approximate surface area is 247 Å². The number of hydrogen-bond donors (Lipinski definition) is 3. The first-order chi connectivity index (χ1) is 18.9. The van der Waals surface area contributed by atoms with Crippen LogP contribution < -0.4 is 22.5 Å². The molecular weight excluding hydrogens is 544 g/mol. The fraction of sp³-hybridized carbons (Fsp3) is 0.586. The summed E-state index contributed by atoms with van der Waals surface area (Å²) in [6, 6.07) is 10.1. The maximum absolute atomic E-state index is 12.8. The van der Waals surface area contributed by atoms with Crippen molar-refractivity contribution >= 4 is 30.2 Å². The van der Waals surface area contributed by atoms with Crippen LogP contribution in [0.1, 0.15) is 45.6 Å². The Morgan fingerprint density at radius 3 is 2.29 bits per heavy atom. The Hall–Kier alpha value is -2.99. The van der Waals surface area contributed by atoms with Gasteiger partial charge < -0.3 is 21.3 Å². The molecule has 3 aliphatic rings. The largest absolute Gasteiger partial charge is 0.354 e. The molecule has 12 heteroatoms. The number of carbonyl (C=O) groups excluding carboxylic acids is 2. The summed E-state index contributed by atoms with van der Waals surface area (Å²) in [6.07, 6.45) is 6.14. The zero-order valence-corrected chi connectivity index (χ0v) is 25.0. The minimum absolute atomic E-state index is 0. The highest BCUT2D eigenvalue weighted by molar-refractivity contribution is 5.89. The summed E-state index contributed by atoms with van der Waals surface area (Å²) < 4.78 is 1.46. The van der Waals surface area contributed by atoms with Gasteiger partial charge in [0.05, 0.1) is 11.2 Å². The number of nitrogens with one attached hydrogen (secondary N) is 1. The summed E-state index contributed by atoms with van der Waals surface area (Å²) in [5.74, 6) is 0.0496. The average Bonchev–Trinajstić information content (AvgIpc) is 3.34. The Kier molecular flexibility index (Phi) is 9.13. The van der Waals surface area contributed by atoms with E-state index in [-0.39, 0.29) is 30.2 Å². The zero-order chi connectivity index (χ0) is 28.7. The quantitative estimate of drug-likeness (QED) is 0.468. The van der Waals surface area contributed by atoms with Gasteiger partial charge in [-0.05, 0) is 82.2 Å². The first-order valence-corrected chi connectivity index (χ1v) is 14.3. The van der Waals surface area contributed by atoms with E-state index in [4.69, 9.17) is 11.5 Å². The van der Waals surface area contributed by atoms with Crippen molar-refractivity contribution in [3.05, 3.63) is 52.6 Å². The standard InChI is InChI=1S/C29H42N8O3.ClH/c1-20(36-11-9-29(19-36)17-22(30)18-29)16-21-4-6-23(7-5-21)37-10-8-24(33-27(37)40)32-26(39)35-14-12-34(13-15-35)25(38)28(2,3)31;/h4-8,10,20,22H,9,11-19,30-31H2,1-3H3,(H,32,33,39,40);1H. The Morgan fingerprint density at radius 1 is 1.07 bits per heavy atom. The summed E-state index contributed by atoms with van der Waals surface area (Å²) in [5, 5.41) is 2.70. The number of amides is 3. The number of piperazine rings is 1.